The average Bonchev–Trinajstić information content (AvgIpc) is 3.44. The minimum atomic E-state index is -0.477. The van der Waals surface area contributed by atoms with Crippen LogP contribution in [-0.2, 0) is 6.61 Å². The number of rotatable bonds is 6. The molecule has 4 rings (SSSR count). The highest BCUT2D eigenvalue weighted by molar-refractivity contribution is 7.80. The summed E-state index contributed by atoms with van der Waals surface area (Å²) in [6.45, 7) is 2.29. The number of carbonyl (C=O) groups is 1. The van der Waals surface area contributed by atoms with Crippen LogP contribution in [0.2, 0.25) is 5.02 Å². The van der Waals surface area contributed by atoms with Gasteiger partial charge in [-0.2, -0.15) is 0 Å². The molecule has 7 nitrogen and oxygen atoms in total. The fraction of sp³-hybridized carbons (Fsp3) is 0.0909. The number of benzene rings is 2. The summed E-state index contributed by atoms with van der Waals surface area (Å²) in [7, 11) is 0. The lowest BCUT2D eigenvalue weighted by Crippen LogP contribution is -2.33. The topological polar surface area (TPSA) is 89.3 Å². The molecule has 0 atom stereocenters. The highest BCUT2D eigenvalue weighted by Gasteiger charge is 2.15. The first-order valence-electron chi connectivity index (χ1n) is 9.46. The van der Waals surface area contributed by atoms with Crippen molar-refractivity contribution >= 4 is 51.3 Å². The number of hydrogen-bond donors (Lipinski definition) is 2. The summed E-state index contributed by atoms with van der Waals surface area (Å²) >= 11 is 12.4. The SMILES string of the molecule is Cc1ccc(OCc2nnc(NC(=S)NC(=O)c3ccc(-c4ccc(Cl)cc4)o3)s2)cc1. The number of nitrogens with one attached hydrogen (secondary N) is 2. The van der Waals surface area contributed by atoms with Gasteiger partial charge in [0.1, 0.15) is 18.1 Å². The Labute approximate surface area is 198 Å². The predicted octanol–water partition coefficient (Wildman–Crippen LogP) is 5.47. The van der Waals surface area contributed by atoms with E-state index in [1.807, 2.05) is 43.3 Å². The number of carbonyl (C=O) groups excluding carboxylic acids is 1. The average molecular weight is 485 g/mol. The van der Waals surface area contributed by atoms with E-state index in [9.17, 15) is 4.79 Å². The van der Waals surface area contributed by atoms with Gasteiger partial charge in [-0.05, 0) is 67.7 Å². The lowest BCUT2D eigenvalue weighted by molar-refractivity contribution is 0.0951. The zero-order valence-electron chi connectivity index (χ0n) is 16.8. The fourth-order valence-electron chi connectivity index (χ4n) is 2.66. The second-order valence-corrected chi connectivity index (χ2v) is 8.59. The van der Waals surface area contributed by atoms with Gasteiger partial charge in [0, 0.05) is 10.6 Å². The van der Waals surface area contributed by atoms with Crippen molar-refractivity contribution < 1.29 is 13.9 Å². The molecule has 0 fully saturated rings. The zero-order chi connectivity index (χ0) is 22.5. The molecule has 0 saturated heterocycles. The van der Waals surface area contributed by atoms with Crippen LogP contribution in [-0.4, -0.2) is 21.2 Å². The Morgan fingerprint density at radius 2 is 1.84 bits per heavy atom. The molecule has 2 aromatic heterocycles. The predicted molar refractivity (Wildman–Crippen MR) is 128 cm³/mol. The number of ether oxygens (including phenoxy) is 1. The van der Waals surface area contributed by atoms with Crippen LogP contribution in [0.15, 0.2) is 65.1 Å². The quantitative estimate of drug-likeness (QED) is 0.351. The van der Waals surface area contributed by atoms with Gasteiger partial charge < -0.3 is 14.5 Å². The van der Waals surface area contributed by atoms with Crippen molar-refractivity contribution in [2.45, 2.75) is 13.5 Å². The molecule has 1 amide bonds. The van der Waals surface area contributed by atoms with Crippen LogP contribution in [0.1, 0.15) is 21.1 Å². The van der Waals surface area contributed by atoms with Gasteiger partial charge in [-0.25, -0.2) is 0 Å². The second-order valence-electron chi connectivity index (χ2n) is 6.68. The van der Waals surface area contributed by atoms with E-state index in [2.05, 4.69) is 20.8 Å². The molecule has 0 bridgehead atoms. The van der Waals surface area contributed by atoms with Gasteiger partial charge in [0.25, 0.3) is 5.91 Å². The first-order valence-corrected chi connectivity index (χ1v) is 11.1. The molecule has 0 aliphatic heterocycles. The molecule has 32 heavy (non-hydrogen) atoms. The third-order valence-electron chi connectivity index (χ3n) is 4.26. The highest BCUT2D eigenvalue weighted by Crippen LogP contribution is 2.24. The standard InChI is InChI=1S/C22H17ClN4O3S2/c1-13-2-8-16(9-3-13)29-12-19-26-27-22(32-19)25-21(31)24-20(28)18-11-10-17(30-18)14-4-6-15(23)7-5-14/h2-11H,12H2,1H3,(H2,24,25,27,28,31). The summed E-state index contributed by atoms with van der Waals surface area (Å²) in [6, 6.07) is 18.1. The number of thiocarbonyl (C=S) groups is 1. The largest absolute Gasteiger partial charge is 0.486 e. The molecule has 0 aliphatic rings. The Morgan fingerprint density at radius 1 is 1.09 bits per heavy atom. The minimum Gasteiger partial charge on any atom is -0.486 e. The molecule has 4 aromatic rings. The third-order valence-corrected chi connectivity index (χ3v) is 5.52. The number of aryl methyl sites for hydroxylation is 1. The normalized spacial score (nSPS) is 10.6. The van der Waals surface area contributed by atoms with Crippen molar-refractivity contribution in [3.8, 4) is 17.1 Å². The van der Waals surface area contributed by atoms with Gasteiger partial charge in [-0.1, -0.05) is 40.6 Å². The van der Waals surface area contributed by atoms with Crippen molar-refractivity contribution in [2.24, 2.45) is 0 Å². The highest BCUT2D eigenvalue weighted by atomic mass is 35.5. The zero-order valence-corrected chi connectivity index (χ0v) is 19.2. The molecule has 162 valence electrons. The van der Waals surface area contributed by atoms with E-state index in [0.717, 1.165) is 16.9 Å². The smallest absolute Gasteiger partial charge is 0.293 e. The molecule has 0 radical (unpaired) electrons. The van der Waals surface area contributed by atoms with Gasteiger partial charge in [0.2, 0.25) is 5.13 Å². The Balaban J connectivity index is 1.29. The molecule has 0 saturated carbocycles. The number of aromatic nitrogens is 2. The van der Waals surface area contributed by atoms with Crippen molar-refractivity contribution in [1.82, 2.24) is 15.5 Å². The molecule has 2 heterocycles. The monoisotopic (exact) mass is 484 g/mol. The number of anilines is 1. The summed E-state index contributed by atoms with van der Waals surface area (Å²) < 4.78 is 11.3. The van der Waals surface area contributed by atoms with Crippen molar-refractivity contribution in [2.75, 3.05) is 5.32 Å². The molecule has 0 unspecified atom stereocenters. The summed E-state index contributed by atoms with van der Waals surface area (Å²) in [5.41, 5.74) is 1.97. The molecular formula is C22H17ClN4O3S2. The molecule has 0 aliphatic carbocycles. The van der Waals surface area contributed by atoms with Gasteiger partial charge >= 0.3 is 0 Å². The van der Waals surface area contributed by atoms with Crippen LogP contribution in [0, 0.1) is 6.92 Å². The molecule has 10 heteroatoms. The number of hydrogen-bond acceptors (Lipinski definition) is 7. The van der Waals surface area contributed by atoms with Crippen molar-refractivity contribution in [3.05, 3.63) is 82.0 Å². The van der Waals surface area contributed by atoms with Crippen LogP contribution >= 0.6 is 35.2 Å². The van der Waals surface area contributed by atoms with Gasteiger partial charge in [-0.15, -0.1) is 10.2 Å². The van der Waals surface area contributed by atoms with Crippen molar-refractivity contribution in [1.29, 1.82) is 0 Å². The fourth-order valence-corrected chi connectivity index (χ4v) is 3.70. The Kier molecular flexibility index (Phi) is 6.79. The van der Waals surface area contributed by atoms with E-state index in [-0.39, 0.29) is 17.5 Å². The van der Waals surface area contributed by atoms with Crippen LogP contribution in [0.25, 0.3) is 11.3 Å². The maximum atomic E-state index is 12.4. The lowest BCUT2D eigenvalue weighted by Gasteiger charge is -2.05. The Bertz CT molecular complexity index is 1240. The maximum absolute atomic E-state index is 12.4. The van der Waals surface area contributed by atoms with Crippen LogP contribution in [0.5, 0.6) is 5.75 Å². The molecular weight excluding hydrogens is 468 g/mol. The van der Waals surface area contributed by atoms with E-state index in [1.54, 1.807) is 24.3 Å². The summed E-state index contributed by atoms with van der Waals surface area (Å²) in [6.07, 6.45) is 0. The lowest BCUT2D eigenvalue weighted by atomic mass is 10.2. The van der Waals surface area contributed by atoms with E-state index in [0.29, 0.717) is 20.9 Å². The van der Waals surface area contributed by atoms with Gasteiger partial charge in [0.05, 0.1) is 0 Å². The first kappa shape index (κ1) is 21.9. The van der Waals surface area contributed by atoms with E-state index >= 15 is 0 Å². The van der Waals surface area contributed by atoms with E-state index in [1.165, 1.54) is 11.3 Å². The number of furan rings is 1. The number of halogens is 1. The second kappa shape index (κ2) is 9.90. The Morgan fingerprint density at radius 3 is 2.59 bits per heavy atom. The van der Waals surface area contributed by atoms with Crippen LogP contribution in [0.3, 0.4) is 0 Å². The first-order chi connectivity index (χ1) is 15.5. The van der Waals surface area contributed by atoms with Crippen LogP contribution in [0.4, 0.5) is 5.13 Å². The maximum Gasteiger partial charge on any atom is 0.293 e. The molecule has 2 aromatic carbocycles. The van der Waals surface area contributed by atoms with Gasteiger partial charge in [-0.3, -0.25) is 10.1 Å². The van der Waals surface area contributed by atoms with Gasteiger partial charge in [0.15, 0.2) is 15.9 Å². The molecule has 2 N–H and O–H groups in total. The van der Waals surface area contributed by atoms with Crippen molar-refractivity contribution in [3.63, 3.8) is 0 Å². The van der Waals surface area contributed by atoms with E-state index in [4.69, 9.17) is 33.0 Å². The number of amides is 1. The Hall–Kier alpha value is -3.27. The van der Waals surface area contributed by atoms with E-state index < -0.39 is 5.91 Å². The minimum absolute atomic E-state index is 0.0848. The number of nitrogens with zero attached hydrogens (tertiary/aromatic N) is 2. The third kappa shape index (κ3) is 5.70. The molecule has 0 spiro atoms. The summed E-state index contributed by atoms with van der Waals surface area (Å²) in [5, 5.41) is 15.3. The van der Waals surface area contributed by atoms with Crippen LogP contribution < -0.4 is 15.4 Å². The summed E-state index contributed by atoms with van der Waals surface area (Å²) in [5.74, 6) is 0.950. The summed E-state index contributed by atoms with van der Waals surface area (Å²) in [4.78, 5) is 12.4.